The van der Waals surface area contributed by atoms with Gasteiger partial charge in [0.2, 0.25) is 5.43 Å². The van der Waals surface area contributed by atoms with E-state index in [1.807, 2.05) is 22.8 Å². The molecule has 5 nitrogen and oxygen atoms in total. The van der Waals surface area contributed by atoms with Crippen molar-refractivity contribution in [2.45, 2.75) is 66.1 Å². The molecule has 0 spiro atoms. The summed E-state index contributed by atoms with van der Waals surface area (Å²) in [5.41, 5.74) is 0.425. The van der Waals surface area contributed by atoms with Crippen LogP contribution in [-0.2, 0) is 9.16 Å². The predicted molar refractivity (Wildman–Crippen MR) is 133 cm³/mol. The normalized spacial score (nSPS) is 13.7. The van der Waals surface area contributed by atoms with Crippen molar-refractivity contribution in [3.05, 3.63) is 43.8 Å². The Kier molecular flexibility index (Phi) is 7.96. The van der Waals surface area contributed by atoms with Gasteiger partial charge in [0.25, 0.3) is 0 Å². The fraction of sp³-hybridized carbons (Fsp3) is 0.565. The van der Waals surface area contributed by atoms with Gasteiger partial charge in [-0.2, -0.15) is 6.55 Å². The van der Waals surface area contributed by atoms with E-state index >= 15 is 0 Å². The second kappa shape index (κ2) is 9.52. The Morgan fingerprint density at radius 3 is 2.37 bits per heavy atom. The van der Waals surface area contributed by atoms with Crippen LogP contribution in [-0.4, -0.2) is 32.8 Å². The Bertz CT molecular complexity index is 972. The fourth-order valence-electron chi connectivity index (χ4n) is 3.11. The highest BCUT2D eigenvalue weighted by molar-refractivity contribution is 14.1. The summed E-state index contributed by atoms with van der Waals surface area (Å²) in [6, 6.07) is 5.71. The molecule has 1 heterocycles. The average Bonchev–Trinajstić information content (AvgIpc) is 2.61. The van der Waals surface area contributed by atoms with Gasteiger partial charge in [0, 0.05) is 21.8 Å². The number of hydrogen-bond acceptors (Lipinski definition) is 4. The molecule has 0 aliphatic heterocycles. The number of benzene rings is 1. The fourth-order valence-corrected chi connectivity index (χ4v) is 4.44. The molecule has 2 rings (SSSR count). The highest BCUT2D eigenvalue weighted by Gasteiger charge is 2.29. The molecule has 0 aliphatic carbocycles. The van der Waals surface area contributed by atoms with Crippen LogP contribution in [0.3, 0.4) is 0 Å². The SMILES string of the molecule is CCOC(=O)c1cn([C@H](CO[Si-](C)C(C)(C)C)C(C)(C)C)c2ccc(I)cc2c1=O. The third-order valence-electron chi connectivity index (χ3n) is 5.34. The molecular formula is C23H33INO4Si-. The first-order valence-corrected chi connectivity index (χ1v) is 13.2. The lowest BCUT2D eigenvalue weighted by atomic mass is 9.86. The Morgan fingerprint density at radius 2 is 1.83 bits per heavy atom. The zero-order valence-electron chi connectivity index (χ0n) is 19.3. The van der Waals surface area contributed by atoms with Crippen LogP contribution in [0.25, 0.3) is 10.9 Å². The maximum absolute atomic E-state index is 13.1. The first kappa shape index (κ1) is 25.1. The molecule has 7 heteroatoms. The number of hydrogen-bond donors (Lipinski definition) is 0. The van der Waals surface area contributed by atoms with Crippen molar-refractivity contribution in [1.29, 1.82) is 0 Å². The van der Waals surface area contributed by atoms with E-state index in [-0.39, 0.29) is 34.1 Å². The maximum Gasteiger partial charge on any atom is 0.343 e. The molecule has 2 aromatic rings. The molecule has 0 saturated heterocycles. The molecule has 1 aromatic carbocycles. The molecule has 166 valence electrons. The van der Waals surface area contributed by atoms with Crippen LogP contribution >= 0.6 is 22.6 Å². The van der Waals surface area contributed by atoms with Gasteiger partial charge in [-0.3, -0.25) is 4.79 Å². The van der Waals surface area contributed by atoms with Gasteiger partial charge in [-0.1, -0.05) is 41.5 Å². The lowest BCUT2D eigenvalue weighted by Gasteiger charge is -2.44. The van der Waals surface area contributed by atoms with Crippen molar-refractivity contribution in [2.24, 2.45) is 5.41 Å². The van der Waals surface area contributed by atoms with Crippen molar-refractivity contribution < 1.29 is 14.0 Å². The van der Waals surface area contributed by atoms with Crippen LogP contribution in [0, 0.1) is 8.99 Å². The summed E-state index contributed by atoms with van der Waals surface area (Å²) in [6.07, 6.45) is 1.66. The largest absolute Gasteiger partial charge is 0.586 e. The summed E-state index contributed by atoms with van der Waals surface area (Å²) in [6.45, 7) is 17.7. The van der Waals surface area contributed by atoms with Crippen LogP contribution in [0.4, 0.5) is 0 Å². The van der Waals surface area contributed by atoms with Crippen LogP contribution in [0.1, 0.15) is 64.9 Å². The molecule has 0 fully saturated rings. The van der Waals surface area contributed by atoms with Crippen molar-refractivity contribution in [3.63, 3.8) is 0 Å². The summed E-state index contributed by atoms with van der Waals surface area (Å²) >= 11 is 2.18. The molecule has 1 atom stereocenters. The summed E-state index contributed by atoms with van der Waals surface area (Å²) in [5, 5.41) is 0.643. The number of nitrogens with zero attached hydrogens (tertiary/aromatic N) is 1. The Hall–Kier alpha value is -1.19. The quantitative estimate of drug-likeness (QED) is 0.263. The molecule has 0 aliphatic rings. The number of halogens is 1. The van der Waals surface area contributed by atoms with E-state index in [4.69, 9.17) is 9.16 Å². The standard InChI is InChI=1S/C23H33INO4Si/c1-9-28-21(27)17-13-25(18-11-10-15(24)12-16(18)20(17)26)19(22(2,3)4)14-29-30(8)23(5,6)7/h10-13,19H,9,14H2,1-8H3/q-1/t19-/m1/s1. The third kappa shape index (κ3) is 5.73. The molecular weight excluding hydrogens is 509 g/mol. The average molecular weight is 543 g/mol. The van der Waals surface area contributed by atoms with Crippen LogP contribution in [0.5, 0.6) is 0 Å². The van der Waals surface area contributed by atoms with Crippen molar-refractivity contribution in [3.8, 4) is 0 Å². The molecule has 1 aromatic heterocycles. The lowest BCUT2D eigenvalue weighted by molar-refractivity contribution is 0.0522. The smallest absolute Gasteiger partial charge is 0.343 e. The number of carbonyl (C=O) groups is 1. The summed E-state index contributed by atoms with van der Waals surface area (Å²) < 4.78 is 14.5. The van der Waals surface area contributed by atoms with E-state index in [1.54, 1.807) is 13.1 Å². The minimum atomic E-state index is -1.04. The van der Waals surface area contributed by atoms with E-state index in [0.717, 1.165) is 9.09 Å². The van der Waals surface area contributed by atoms with Crippen LogP contribution < -0.4 is 5.43 Å². The van der Waals surface area contributed by atoms with Crippen LogP contribution in [0.15, 0.2) is 29.2 Å². The second-order valence-electron chi connectivity index (χ2n) is 9.66. The predicted octanol–water partition coefficient (Wildman–Crippen LogP) is 5.81. The van der Waals surface area contributed by atoms with Gasteiger partial charge in [-0.25, -0.2) is 4.79 Å². The molecule has 30 heavy (non-hydrogen) atoms. The molecule has 0 unspecified atom stereocenters. The van der Waals surface area contributed by atoms with Crippen molar-refractivity contribution in [1.82, 2.24) is 4.57 Å². The number of pyridine rings is 1. The molecule has 0 bridgehead atoms. The van der Waals surface area contributed by atoms with E-state index in [0.29, 0.717) is 12.0 Å². The van der Waals surface area contributed by atoms with Gasteiger partial charge < -0.3 is 13.7 Å². The zero-order valence-corrected chi connectivity index (χ0v) is 22.4. The summed E-state index contributed by atoms with van der Waals surface area (Å²) in [4.78, 5) is 25.6. The molecule has 0 amide bonds. The van der Waals surface area contributed by atoms with Crippen molar-refractivity contribution >= 4 is 48.5 Å². The topological polar surface area (TPSA) is 57.5 Å². The van der Waals surface area contributed by atoms with Gasteiger partial charge in [-0.05, 0) is 53.1 Å². The van der Waals surface area contributed by atoms with Gasteiger partial charge in [0.05, 0.1) is 18.2 Å². The van der Waals surface area contributed by atoms with Gasteiger partial charge >= 0.3 is 5.97 Å². The lowest BCUT2D eigenvalue weighted by Crippen LogP contribution is -2.35. The number of fused-ring (bicyclic) bond motifs is 1. The number of rotatable bonds is 6. The monoisotopic (exact) mass is 542 g/mol. The number of ether oxygens (including phenoxy) is 1. The number of aromatic nitrogens is 1. The Balaban J connectivity index is 2.69. The highest BCUT2D eigenvalue weighted by Crippen LogP contribution is 2.35. The minimum absolute atomic E-state index is 0.0591. The summed E-state index contributed by atoms with van der Waals surface area (Å²) in [5.74, 6) is -0.583. The maximum atomic E-state index is 13.1. The van der Waals surface area contributed by atoms with Gasteiger partial charge in [0.15, 0.2) is 0 Å². The van der Waals surface area contributed by atoms with Gasteiger partial charge in [-0.15, -0.1) is 14.1 Å². The van der Waals surface area contributed by atoms with E-state index in [1.165, 1.54) is 0 Å². The first-order valence-electron chi connectivity index (χ1n) is 10.3. The second-order valence-corrected chi connectivity index (χ2v) is 13.8. The number of esters is 1. The first-order chi connectivity index (χ1) is 13.8. The Morgan fingerprint density at radius 1 is 1.20 bits per heavy atom. The summed E-state index contributed by atoms with van der Waals surface area (Å²) in [7, 11) is -1.04. The van der Waals surface area contributed by atoms with E-state index in [2.05, 4.69) is 70.7 Å². The van der Waals surface area contributed by atoms with Gasteiger partial charge in [0.1, 0.15) is 5.56 Å². The van der Waals surface area contributed by atoms with E-state index in [9.17, 15) is 9.59 Å². The van der Waals surface area contributed by atoms with Crippen LogP contribution in [0.2, 0.25) is 11.6 Å². The minimum Gasteiger partial charge on any atom is -0.586 e. The van der Waals surface area contributed by atoms with E-state index < -0.39 is 15.0 Å². The highest BCUT2D eigenvalue weighted by atomic mass is 127. The third-order valence-corrected chi connectivity index (χ3v) is 8.72. The zero-order chi connectivity index (χ0) is 22.9. The molecule has 0 radical (unpaired) electrons. The molecule has 0 saturated carbocycles. The Labute approximate surface area is 195 Å². The number of carbonyl (C=O) groups excluding carboxylic acids is 1. The molecule has 0 N–H and O–H groups in total. The van der Waals surface area contributed by atoms with Crippen molar-refractivity contribution in [2.75, 3.05) is 13.2 Å².